The molecule has 0 bridgehead atoms. The first-order chi connectivity index (χ1) is 15.9. The fraction of sp³-hybridized carbons (Fsp3) is 0.391. The topological polar surface area (TPSA) is 84.9 Å². The number of thiophene rings is 1. The van der Waals surface area contributed by atoms with Gasteiger partial charge in [0.25, 0.3) is 5.91 Å². The van der Waals surface area contributed by atoms with Gasteiger partial charge in [0.15, 0.2) is 0 Å². The quantitative estimate of drug-likeness (QED) is 0.318. The largest absolute Gasteiger partial charge is 0.462 e. The van der Waals surface area contributed by atoms with Crippen LogP contribution in [0.5, 0.6) is 0 Å². The second-order valence-corrected chi connectivity index (χ2v) is 9.20. The van der Waals surface area contributed by atoms with Crippen LogP contribution in [0.3, 0.4) is 0 Å². The van der Waals surface area contributed by atoms with Crippen molar-refractivity contribution in [3.63, 3.8) is 0 Å². The second kappa shape index (κ2) is 11.9. The highest BCUT2D eigenvalue weighted by Gasteiger charge is 2.31. The molecule has 1 unspecified atom stereocenters. The molecule has 10 heteroatoms. The van der Waals surface area contributed by atoms with Crippen LogP contribution in [-0.2, 0) is 9.47 Å². The van der Waals surface area contributed by atoms with E-state index in [1.165, 1.54) is 29.5 Å². The van der Waals surface area contributed by atoms with Crippen molar-refractivity contribution in [2.24, 2.45) is 0 Å². The number of hydrogen-bond acceptors (Lipinski definition) is 6. The summed E-state index contributed by atoms with van der Waals surface area (Å²) in [7, 11) is 0.913. The van der Waals surface area contributed by atoms with Crippen molar-refractivity contribution < 1.29 is 28.2 Å². The summed E-state index contributed by atoms with van der Waals surface area (Å²) in [5.74, 6) is -1.69. The minimum Gasteiger partial charge on any atom is -0.462 e. The van der Waals surface area contributed by atoms with E-state index in [2.05, 4.69) is 11.6 Å². The first-order valence-corrected chi connectivity index (χ1v) is 12.8. The Bertz CT molecular complexity index is 1030. The normalized spacial score (nSPS) is 15.8. The Labute approximate surface area is 197 Å². The Morgan fingerprint density at radius 3 is 2.88 bits per heavy atom. The van der Waals surface area contributed by atoms with Crippen molar-refractivity contribution in [3.8, 4) is 0 Å². The molecule has 2 heterocycles. The zero-order valence-electron chi connectivity index (χ0n) is 18.3. The molecule has 1 N–H and O–H groups in total. The van der Waals surface area contributed by atoms with E-state index in [1.54, 1.807) is 11.8 Å². The van der Waals surface area contributed by atoms with Gasteiger partial charge in [0.05, 0.1) is 12.2 Å². The van der Waals surface area contributed by atoms with E-state index in [-0.39, 0.29) is 29.7 Å². The van der Waals surface area contributed by atoms with E-state index >= 15 is 0 Å². The molecule has 1 saturated heterocycles. The van der Waals surface area contributed by atoms with Gasteiger partial charge in [0.1, 0.15) is 17.4 Å². The van der Waals surface area contributed by atoms with Crippen LogP contribution in [-0.4, -0.2) is 61.6 Å². The maximum Gasteiger partial charge on any atom is 0.409 e. The molecule has 1 aromatic carbocycles. The number of hydrogen-bond donors (Lipinski definition) is 1. The van der Waals surface area contributed by atoms with Crippen molar-refractivity contribution in [3.05, 3.63) is 52.2 Å². The Balaban J connectivity index is 1.82. The second-order valence-electron chi connectivity index (χ2n) is 7.43. The molecule has 0 aliphatic carbocycles. The molecule has 7 nitrogen and oxygen atoms in total. The summed E-state index contributed by atoms with van der Waals surface area (Å²) in [6.07, 6.45) is 5.55. The number of nitrogens with one attached hydrogen (secondary N) is 1. The van der Waals surface area contributed by atoms with Crippen molar-refractivity contribution in [2.75, 3.05) is 37.8 Å². The lowest BCUT2D eigenvalue weighted by Gasteiger charge is -2.32. The molecular formula is C23H26FN2O5PS. The number of esters is 1. The number of likely N-dealkylation sites (tertiary alicyclic amines) is 1. The molecule has 2 aromatic rings. The zero-order valence-corrected chi connectivity index (χ0v) is 20.1. The highest BCUT2D eigenvalue weighted by molar-refractivity contribution is 7.36. The van der Waals surface area contributed by atoms with E-state index in [0.717, 1.165) is 32.7 Å². The summed E-state index contributed by atoms with van der Waals surface area (Å²) >= 11 is 1.21. The predicted octanol–water partition coefficient (Wildman–Crippen LogP) is 5.01. The number of carbonyl (C=O) groups excluding carboxylic acids is 3. The molecule has 3 rings (SSSR count). The van der Waals surface area contributed by atoms with Gasteiger partial charge < -0.3 is 19.7 Å². The van der Waals surface area contributed by atoms with Crippen molar-refractivity contribution in [1.29, 1.82) is 0 Å². The van der Waals surface area contributed by atoms with Gasteiger partial charge in [0.2, 0.25) is 0 Å². The number of piperidine rings is 1. The lowest BCUT2D eigenvalue weighted by atomic mass is 9.90. The summed E-state index contributed by atoms with van der Waals surface area (Å²) in [6.45, 7) is 3.19. The Morgan fingerprint density at radius 1 is 1.33 bits per heavy atom. The minimum absolute atomic E-state index is 0.104. The molecule has 0 radical (unpaired) electrons. The third-order valence-electron chi connectivity index (χ3n) is 5.21. The molecule has 176 valence electrons. The maximum absolute atomic E-state index is 13.5. The lowest BCUT2D eigenvalue weighted by molar-refractivity contribution is 0.0525. The standard InChI is InChI=1S/C23H26FN2O5PS/c1-3-30-22(28)19-18(16-7-5-9-26(13-16)23(29)31-10-11-32-2)14-33-21(19)25-20(27)15-6-4-8-17(24)12-15/h4,6,8,12,14,16H,2-3,5,7,9-11,13H2,1H3,(H,25,27). The molecule has 2 amide bonds. The molecule has 1 atom stereocenters. The third kappa shape index (κ3) is 6.39. The van der Waals surface area contributed by atoms with Crippen LogP contribution in [0.25, 0.3) is 0 Å². The summed E-state index contributed by atoms with van der Waals surface area (Å²) in [5.41, 5.74) is 1.15. The van der Waals surface area contributed by atoms with Gasteiger partial charge in [-0.1, -0.05) is 12.4 Å². The van der Waals surface area contributed by atoms with Gasteiger partial charge in [0, 0.05) is 30.7 Å². The van der Waals surface area contributed by atoms with Gasteiger partial charge in [-0.2, -0.15) is 0 Å². The van der Waals surface area contributed by atoms with Crippen molar-refractivity contribution >= 4 is 48.8 Å². The van der Waals surface area contributed by atoms with E-state index in [9.17, 15) is 18.8 Å². The van der Waals surface area contributed by atoms with E-state index in [4.69, 9.17) is 9.47 Å². The molecule has 33 heavy (non-hydrogen) atoms. The number of carbonyl (C=O) groups is 3. The monoisotopic (exact) mass is 492 g/mol. The maximum atomic E-state index is 13.5. The van der Waals surface area contributed by atoms with Crippen LogP contribution >= 0.6 is 19.5 Å². The number of benzene rings is 1. The third-order valence-corrected chi connectivity index (χ3v) is 6.62. The number of anilines is 1. The van der Waals surface area contributed by atoms with Gasteiger partial charge in [-0.3, -0.25) is 4.79 Å². The molecule has 1 aliphatic heterocycles. The van der Waals surface area contributed by atoms with Gasteiger partial charge in [-0.15, -0.1) is 19.5 Å². The smallest absolute Gasteiger partial charge is 0.409 e. The molecular weight excluding hydrogens is 466 g/mol. The number of nitrogens with zero attached hydrogens (tertiary/aromatic N) is 1. The SMILES string of the molecule is C=PCCOC(=O)N1CCCC(c2csc(NC(=O)c3cccc(F)c3)c2C(=O)OCC)C1. The van der Waals surface area contributed by atoms with Crippen molar-refractivity contribution in [1.82, 2.24) is 4.90 Å². The Morgan fingerprint density at radius 2 is 2.15 bits per heavy atom. The molecule has 0 spiro atoms. The van der Waals surface area contributed by atoms with Crippen molar-refractivity contribution in [2.45, 2.75) is 25.7 Å². The molecule has 1 fully saturated rings. The number of amides is 2. The molecule has 1 aliphatic rings. The number of ether oxygens (including phenoxy) is 2. The minimum atomic E-state index is -0.544. The zero-order chi connectivity index (χ0) is 23.8. The van der Waals surface area contributed by atoms with Gasteiger partial charge in [-0.25, -0.2) is 14.0 Å². The average molecular weight is 493 g/mol. The van der Waals surface area contributed by atoms with Gasteiger partial charge in [-0.05, 0) is 48.9 Å². The van der Waals surface area contributed by atoms with Crippen LogP contribution in [0.2, 0.25) is 0 Å². The van der Waals surface area contributed by atoms with E-state index in [1.807, 2.05) is 5.38 Å². The van der Waals surface area contributed by atoms with E-state index < -0.39 is 17.7 Å². The average Bonchev–Trinajstić information content (AvgIpc) is 3.23. The fourth-order valence-corrected chi connectivity index (χ4v) is 4.91. The fourth-order valence-electron chi connectivity index (χ4n) is 3.67. The summed E-state index contributed by atoms with van der Waals surface area (Å²) in [4.78, 5) is 39.5. The van der Waals surface area contributed by atoms with E-state index in [0.29, 0.717) is 30.9 Å². The van der Waals surface area contributed by atoms with Crippen LogP contribution in [0.15, 0.2) is 29.6 Å². The van der Waals surface area contributed by atoms with Crippen LogP contribution < -0.4 is 5.32 Å². The predicted molar refractivity (Wildman–Crippen MR) is 128 cm³/mol. The highest BCUT2D eigenvalue weighted by Crippen LogP contribution is 2.38. The van der Waals surface area contributed by atoms with Crippen LogP contribution in [0.4, 0.5) is 14.2 Å². The summed E-state index contributed by atoms with van der Waals surface area (Å²) in [5, 5.41) is 4.88. The number of rotatable bonds is 8. The Kier molecular flexibility index (Phi) is 8.97. The number of halogens is 1. The lowest BCUT2D eigenvalue weighted by Crippen LogP contribution is -2.39. The van der Waals surface area contributed by atoms with Crippen LogP contribution in [0, 0.1) is 5.82 Å². The molecule has 0 saturated carbocycles. The summed E-state index contributed by atoms with van der Waals surface area (Å²) in [6, 6.07) is 5.33. The first kappa shape index (κ1) is 24.9. The molecule has 1 aromatic heterocycles. The highest BCUT2D eigenvalue weighted by atomic mass is 32.1. The Hall–Kier alpha value is -2.77. The van der Waals surface area contributed by atoms with Crippen LogP contribution in [0.1, 0.15) is 52.0 Å². The summed E-state index contributed by atoms with van der Waals surface area (Å²) < 4.78 is 24.1. The van der Waals surface area contributed by atoms with Gasteiger partial charge >= 0.3 is 12.1 Å². The first-order valence-electron chi connectivity index (χ1n) is 10.6.